The average molecular weight is 342 g/mol. The van der Waals surface area contributed by atoms with Crippen molar-refractivity contribution >= 4 is 11.9 Å². The van der Waals surface area contributed by atoms with Gasteiger partial charge in [0.25, 0.3) is 6.10 Å². The summed E-state index contributed by atoms with van der Waals surface area (Å²) in [7, 11) is 0. The molecule has 0 radical (unpaired) electrons. The molecular formula is C19H22N2O4. The van der Waals surface area contributed by atoms with Crippen molar-refractivity contribution in [3.05, 3.63) is 54.1 Å². The molecule has 1 aromatic heterocycles. The molecule has 3 rings (SSSR count). The van der Waals surface area contributed by atoms with Crippen molar-refractivity contribution in [2.24, 2.45) is 11.8 Å². The fourth-order valence-electron chi connectivity index (χ4n) is 2.75. The molecule has 0 aliphatic heterocycles. The van der Waals surface area contributed by atoms with Gasteiger partial charge in [-0.05, 0) is 24.8 Å². The molecule has 1 saturated carbocycles. The molecule has 1 heterocycles. The third-order valence-electron chi connectivity index (χ3n) is 4.32. The first-order chi connectivity index (χ1) is 12.1. The van der Waals surface area contributed by atoms with Gasteiger partial charge in [0, 0.05) is 18.9 Å². The lowest BCUT2D eigenvalue weighted by atomic mass is 10.2. The maximum Gasteiger partial charge on any atom is 0.355 e. The Hall–Kier alpha value is -2.63. The van der Waals surface area contributed by atoms with Gasteiger partial charge in [-0.25, -0.2) is 9.78 Å². The Labute approximate surface area is 146 Å². The van der Waals surface area contributed by atoms with Gasteiger partial charge < -0.3 is 14.0 Å². The topological polar surface area (TPSA) is 70.4 Å². The third kappa shape index (κ3) is 4.07. The molecule has 1 aromatic carbocycles. The van der Waals surface area contributed by atoms with Crippen LogP contribution in [0.5, 0.6) is 0 Å². The normalized spacial score (nSPS) is 19.9. The molecule has 1 aliphatic carbocycles. The van der Waals surface area contributed by atoms with Crippen LogP contribution in [0.3, 0.4) is 0 Å². The summed E-state index contributed by atoms with van der Waals surface area (Å²) in [6.45, 7) is 4.45. The summed E-state index contributed by atoms with van der Waals surface area (Å²) in [6.07, 6.45) is 3.02. The molecule has 0 unspecified atom stereocenters. The molecule has 3 atom stereocenters. The zero-order chi connectivity index (χ0) is 17.8. The monoisotopic (exact) mass is 342 g/mol. The van der Waals surface area contributed by atoms with Crippen LogP contribution in [0.2, 0.25) is 0 Å². The minimum Gasteiger partial charge on any atom is -0.463 e. The lowest BCUT2D eigenvalue weighted by Crippen LogP contribution is -2.26. The third-order valence-corrected chi connectivity index (χ3v) is 4.32. The van der Waals surface area contributed by atoms with E-state index in [2.05, 4.69) is 4.98 Å². The summed E-state index contributed by atoms with van der Waals surface area (Å²) in [5, 5.41) is 0. The fraction of sp³-hybridized carbons (Fsp3) is 0.421. The van der Waals surface area contributed by atoms with Crippen LogP contribution in [0.1, 0.15) is 37.8 Å². The second-order valence-electron chi connectivity index (χ2n) is 6.29. The smallest absolute Gasteiger partial charge is 0.355 e. The summed E-state index contributed by atoms with van der Waals surface area (Å²) in [5.74, 6) is -0.401. The molecule has 132 valence electrons. The maximum absolute atomic E-state index is 12.4. The van der Waals surface area contributed by atoms with Crippen LogP contribution in [0.25, 0.3) is 0 Å². The minimum atomic E-state index is -1.14. The molecule has 0 bridgehead atoms. The molecule has 6 heteroatoms. The Morgan fingerprint density at radius 3 is 2.68 bits per heavy atom. The summed E-state index contributed by atoms with van der Waals surface area (Å²) in [5.41, 5.74) is 1.06. The van der Waals surface area contributed by atoms with E-state index < -0.39 is 12.1 Å². The van der Waals surface area contributed by atoms with Crippen LogP contribution in [-0.2, 0) is 25.6 Å². The summed E-state index contributed by atoms with van der Waals surface area (Å²) in [4.78, 5) is 28.8. The van der Waals surface area contributed by atoms with E-state index in [9.17, 15) is 9.59 Å². The minimum absolute atomic E-state index is 0.130. The lowest BCUT2D eigenvalue weighted by molar-refractivity contribution is -0.170. The number of carbonyl (C=O) groups excluding carboxylic acids is 2. The molecule has 0 saturated heterocycles. The SMILES string of the molecule is CCOC(=O)[C@H](OC(=O)[C@@H]1C[C@H]1C)c1nccn1Cc1ccccc1. The molecule has 1 fully saturated rings. The van der Waals surface area contributed by atoms with E-state index in [4.69, 9.17) is 9.47 Å². The number of hydrogen-bond acceptors (Lipinski definition) is 5. The van der Waals surface area contributed by atoms with Crippen LogP contribution >= 0.6 is 0 Å². The van der Waals surface area contributed by atoms with E-state index in [-0.39, 0.29) is 18.5 Å². The zero-order valence-corrected chi connectivity index (χ0v) is 14.4. The highest BCUT2D eigenvalue weighted by Gasteiger charge is 2.43. The van der Waals surface area contributed by atoms with Gasteiger partial charge in [0.2, 0.25) is 0 Å². The average Bonchev–Trinajstić information content (AvgIpc) is 3.17. The van der Waals surface area contributed by atoms with Crippen LogP contribution in [0, 0.1) is 11.8 Å². The van der Waals surface area contributed by atoms with Gasteiger partial charge in [-0.3, -0.25) is 4.79 Å². The number of imidazole rings is 1. The Balaban J connectivity index is 1.82. The quantitative estimate of drug-likeness (QED) is 0.724. The summed E-state index contributed by atoms with van der Waals surface area (Å²) in [6, 6.07) is 9.81. The second kappa shape index (κ2) is 7.51. The predicted molar refractivity (Wildman–Crippen MR) is 90.5 cm³/mol. The van der Waals surface area contributed by atoms with E-state index in [1.807, 2.05) is 37.3 Å². The van der Waals surface area contributed by atoms with Crippen molar-refractivity contribution in [2.75, 3.05) is 6.61 Å². The molecule has 2 aromatic rings. The largest absolute Gasteiger partial charge is 0.463 e. The molecule has 6 nitrogen and oxygen atoms in total. The van der Waals surface area contributed by atoms with Gasteiger partial charge in [0.15, 0.2) is 5.82 Å². The van der Waals surface area contributed by atoms with E-state index in [0.29, 0.717) is 18.3 Å². The van der Waals surface area contributed by atoms with Crippen LogP contribution < -0.4 is 0 Å². The van der Waals surface area contributed by atoms with Crippen molar-refractivity contribution in [1.29, 1.82) is 0 Å². The van der Waals surface area contributed by atoms with Crippen LogP contribution in [-0.4, -0.2) is 28.1 Å². The van der Waals surface area contributed by atoms with E-state index in [1.54, 1.807) is 23.9 Å². The highest BCUT2D eigenvalue weighted by atomic mass is 16.6. The van der Waals surface area contributed by atoms with E-state index in [0.717, 1.165) is 12.0 Å². The number of hydrogen-bond donors (Lipinski definition) is 0. The first kappa shape index (κ1) is 17.2. The molecule has 1 aliphatic rings. The van der Waals surface area contributed by atoms with Gasteiger partial charge in [-0.1, -0.05) is 37.3 Å². The highest BCUT2D eigenvalue weighted by molar-refractivity contribution is 5.82. The van der Waals surface area contributed by atoms with Gasteiger partial charge in [-0.15, -0.1) is 0 Å². The predicted octanol–water partition coefficient (Wildman–Crippen LogP) is 2.73. The Morgan fingerprint density at radius 1 is 1.32 bits per heavy atom. The standard InChI is InChI=1S/C19H22N2O4/c1-3-24-19(23)16(25-18(22)15-11-13(15)2)17-20-9-10-21(17)12-14-7-5-4-6-8-14/h4-10,13,15-16H,3,11-12H2,1-2H3/t13-,15-,16-/m1/s1. The number of nitrogens with zero attached hydrogens (tertiary/aromatic N) is 2. The zero-order valence-electron chi connectivity index (χ0n) is 14.4. The van der Waals surface area contributed by atoms with Gasteiger partial charge in [0.05, 0.1) is 12.5 Å². The van der Waals surface area contributed by atoms with Crippen molar-refractivity contribution in [3.8, 4) is 0 Å². The highest BCUT2D eigenvalue weighted by Crippen LogP contribution is 2.39. The van der Waals surface area contributed by atoms with Crippen LogP contribution in [0.15, 0.2) is 42.7 Å². The summed E-state index contributed by atoms with van der Waals surface area (Å²) < 4.78 is 12.4. The van der Waals surface area contributed by atoms with Crippen LogP contribution in [0.4, 0.5) is 0 Å². The first-order valence-electron chi connectivity index (χ1n) is 8.52. The number of esters is 2. The first-order valence-corrected chi connectivity index (χ1v) is 8.52. The number of rotatable bonds is 7. The Bertz CT molecular complexity index is 741. The second-order valence-corrected chi connectivity index (χ2v) is 6.29. The van der Waals surface area contributed by atoms with Gasteiger partial charge in [0.1, 0.15) is 0 Å². The Morgan fingerprint density at radius 2 is 2.04 bits per heavy atom. The van der Waals surface area contributed by atoms with Crippen molar-refractivity contribution in [1.82, 2.24) is 9.55 Å². The lowest BCUT2D eigenvalue weighted by Gasteiger charge is -2.18. The van der Waals surface area contributed by atoms with Gasteiger partial charge in [-0.2, -0.15) is 0 Å². The molecule has 0 amide bonds. The number of benzene rings is 1. The van der Waals surface area contributed by atoms with Crippen molar-refractivity contribution < 1.29 is 19.1 Å². The maximum atomic E-state index is 12.4. The van der Waals surface area contributed by atoms with E-state index in [1.165, 1.54) is 0 Å². The molecule has 25 heavy (non-hydrogen) atoms. The summed E-state index contributed by atoms with van der Waals surface area (Å²) >= 11 is 0. The Kier molecular flexibility index (Phi) is 5.16. The number of aromatic nitrogens is 2. The van der Waals surface area contributed by atoms with Crippen molar-refractivity contribution in [3.63, 3.8) is 0 Å². The van der Waals surface area contributed by atoms with Crippen molar-refractivity contribution in [2.45, 2.75) is 32.9 Å². The molecule has 0 spiro atoms. The molecule has 0 N–H and O–H groups in total. The number of carbonyl (C=O) groups is 2. The van der Waals surface area contributed by atoms with Gasteiger partial charge >= 0.3 is 11.9 Å². The molecular weight excluding hydrogens is 320 g/mol. The number of ether oxygens (including phenoxy) is 2. The fourth-order valence-corrected chi connectivity index (χ4v) is 2.75. The van der Waals surface area contributed by atoms with E-state index >= 15 is 0 Å².